The molecule has 0 aliphatic carbocycles. The Labute approximate surface area is 122 Å². The van der Waals surface area contributed by atoms with E-state index < -0.39 is 0 Å². The molecule has 0 radical (unpaired) electrons. The van der Waals surface area contributed by atoms with Crippen molar-refractivity contribution in [1.82, 2.24) is 4.98 Å². The Morgan fingerprint density at radius 2 is 2.05 bits per heavy atom. The third kappa shape index (κ3) is 3.01. The molecule has 1 aliphatic heterocycles. The molecule has 0 unspecified atom stereocenters. The van der Waals surface area contributed by atoms with Crippen molar-refractivity contribution in [2.24, 2.45) is 0 Å². The van der Waals surface area contributed by atoms with Crippen LogP contribution in [0.1, 0.15) is 17.2 Å². The fourth-order valence-electron chi connectivity index (χ4n) is 2.38. The van der Waals surface area contributed by atoms with Crippen molar-refractivity contribution in [2.75, 3.05) is 24.6 Å². The summed E-state index contributed by atoms with van der Waals surface area (Å²) in [5.74, 6) is 0.574. The van der Waals surface area contributed by atoms with Gasteiger partial charge in [-0.25, -0.2) is 9.37 Å². The maximum absolute atomic E-state index is 13.0. The van der Waals surface area contributed by atoms with E-state index in [1.54, 1.807) is 24.4 Å². The van der Waals surface area contributed by atoms with Gasteiger partial charge in [0.2, 0.25) is 0 Å². The number of pyridine rings is 1. The van der Waals surface area contributed by atoms with Crippen LogP contribution in [-0.4, -0.2) is 24.7 Å². The number of nitrogens with zero attached hydrogens (tertiary/aromatic N) is 3. The zero-order chi connectivity index (χ0) is 14.7. The SMILES string of the molecule is N#Cc1ccc(N2CCO[C@H](c3ccc(F)cc3)C2)nc1. The number of hydrogen-bond donors (Lipinski definition) is 0. The van der Waals surface area contributed by atoms with Gasteiger partial charge in [-0.2, -0.15) is 5.26 Å². The number of nitriles is 1. The van der Waals surface area contributed by atoms with Gasteiger partial charge in [-0.3, -0.25) is 0 Å². The number of anilines is 1. The first-order chi connectivity index (χ1) is 10.3. The normalized spacial score (nSPS) is 18.3. The van der Waals surface area contributed by atoms with Gasteiger partial charge in [0.15, 0.2) is 0 Å². The molecule has 1 saturated heterocycles. The van der Waals surface area contributed by atoms with Gasteiger partial charge in [0.25, 0.3) is 0 Å². The number of benzene rings is 1. The van der Waals surface area contributed by atoms with Crippen molar-refractivity contribution in [3.05, 3.63) is 59.5 Å². The maximum Gasteiger partial charge on any atom is 0.128 e. The lowest BCUT2D eigenvalue weighted by molar-refractivity contribution is 0.0395. The van der Waals surface area contributed by atoms with Gasteiger partial charge < -0.3 is 9.64 Å². The summed E-state index contributed by atoms with van der Waals surface area (Å²) in [6.07, 6.45) is 1.47. The van der Waals surface area contributed by atoms with Crippen molar-refractivity contribution in [2.45, 2.75) is 6.10 Å². The lowest BCUT2D eigenvalue weighted by Crippen LogP contribution is -2.38. The average Bonchev–Trinajstić information content (AvgIpc) is 2.56. The Hall–Kier alpha value is -2.45. The first-order valence-corrected chi connectivity index (χ1v) is 6.74. The summed E-state index contributed by atoms with van der Waals surface area (Å²) >= 11 is 0. The minimum absolute atomic E-state index is 0.100. The Balaban J connectivity index is 1.76. The van der Waals surface area contributed by atoms with Crippen LogP contribution in [0.2, 0.25) is 0 Å². The molecule has 0 saturated carbocycles. The van der Waals surface area contributed by atoms with Gasteiger partial charge in [-0.1, -0.05) is 12.1 Å². The van der Waals surface area contributed by atoms with E-state index in [0.29, 0.717) is 18.7 Å². The van der Waals surface area contributed by atoms with Gasteiger partial charge in [-0.15, -0.1) is 0 Å². The van der Waals surface area contributed by atoms with Gasteiger partial charge >= 0.3 is 0 Å². The van der Waals surface area contributed by atoms with Crippen LogP contribution in [0.25, 0.3) is 0 Å². The van der Waals surface area contributed by atoms with Crippen LogP contribution in [0.5, 0.6) is 0 Å². The Morgan fingerprint density at radius 3 is 2.71 bits per heavy atom. The topological polar surface area (TPSA) is 49.2 Å². The minimum atomic E-state index is -0.250. The van der Waals surface area contributed by atoms with Crippen LogP contribution in [0.3, 0.4) is 0 Å². The molecule has 106 valence electrons. The standard InChI is InChI=1S/C16H14FN3O/c17-14-4-2-13(3-5-14)15-11-20(7-8-21-15)16-6-1-12(9-18)10-19-16/h1-6,10,15H,7-8,11H2/t15-/m0/s1. The molecule has 3 rings (SSSR count). The van der Waals surface area contributed by atoms with E-state index >= 15 is 0 Å². The maximum atomic E-state index is 13.0. The predicted molar refractivity (Wildman–Crippen MR) is 76.3 cm³/mol. The minimum Gasteiger partial charge on any atom is -0.370 e. The molecule has 1 fully saturated rings. The van der Waals surface area contributed by atoms with Crippen LogP contribution in [0, 0.1) is 17.1 Å². The summed E-state index contributed by atoms with van der Waals surface area (Å²) in [4.78, 5) is 6.41. The fourth-order valence-corrected chi connectivity index (χ4v) is 2.38. The van der Waals surface area contributed by atoms with Crippen LogP contribution >= 0.6 is 0 Å². The summed E-state index contributed by atoms with van der Waals surface area (Å²) in [6.45, 7) is 1.99. The van der Waals surface area contributed by atoms with Crippen molar-refractivity contribution in [3.63, 3.8) is 0 Å². The first-order valence-electron chi connectivity index (χ1n) is 6.74. The fraction of sp³-hybridized carbons (Fsp3) is 0.250. The van der Waals surface area contributed by atoms with E-state index in [0.717, 1.165) is 17.9 Å². The lowest BCUT2D eigenvalue weighted by Gasteiger charge is -2.34. The van der Waals surface area contributed by atoms with Crippen molar-refractivity contribution in [1.29, 1.82) is 5.26 Å². The highest BCUT2D eigenvalue weighted by Crippen LogP contribution is 2.25. The Morgan fingerprint density at radius 1 is 1.24 bits per heavy atom. The summed E-state index contributed by atoms with van der Waals surface area (Å²) < 4.78 is 18.7. The molecule has 21 heavy (non-hydrogen) atoms. The molecule has 2 heterocycles. The monoisotopic (exact) mass is 283 g/mol. The Kier molecular flexibility index (Phi) is 3.80. The van der Waals surface area contributed by atoms with Crippen LogP contribution < -0.4 is 4.90 Å². The van der Waals surface area contributed by atoms with Gasteiger partial charge in [-0.05, 0) is 29.8 Å². The summed E-state index contributed by atoms with van der Waals surface area (Å²) in [6, 6.07) is 12.0. The number of ether oxygens (including phenoxy) is 1. The Bertz CT molecular complexity index is 649. The highest BCUT2D eigenvalue weighted by atomic mass is 19.1. The second kappa shape index (κ2) is 5.90. The molecule has 2 aromatic rings. The van der Waals surface area contributed by atoms with Gasteiger partial charge in [0.1, 0.15) is 23.8 Å². The molecule has 1 aliphatic rings. The lowest BCUT2D eigenvalue weighted by atomic mass is 10.1. The van der Waals surface area contributed by atoms with E-state index in [-0.39, 0.29) is 11.9 Å². The molecule has 0 spiro atoms. The third-order valence-electron chi connectivity index (χ3n) is 3.51. The van der Waals surface area contributed by atoms with Crippen molar-refractivity contribution < 1.29 is 9.13 Å². The number of halogens is 1. The highest BCUT2D eigenvalue weighted by molar-refractivity contribution is 5.42. The van der Waals surface area contributed by atoms with Crippen molar-refractivity contribution >= 4 is 5.82 Å². The van der Waals surface area contributed by atoms with Crippen molar-refractivity contribution in [3.8, 4) is 6.07 Å². The van der Waals surface area contributed by atoms with E-state index in [9.17, 15) is 4.39 Å². The van der Waals surface area contributed by atoms with Crippen LogP contribution in [0.4, 0.5) is 10.2 Å². The number of aromatic nitrogens is 1. The van der Waals surface area contributed by atoms with Crippen LogP contribution in [0.15, 0.2) is 42.6 Å². The van der Waals surface area contributed by atoms with Gasteiger partial charge in [0.05, 0.1) is 12.2 Å². The highest BCUT2D eigenvalue weighted by Gasteiger charge is 2.22. The largest absolute Gasteiger partial charge is 0.370 e. The third-order valence-corrected chi connectivity index (χ3v) is 3.51. The molecule has 0 N–H and O–H groups in total. The van der Waals surface area contributed by atoms with Gasteiger partial charge in [0, 0.05) is 19.3 Å². The first kappa shape index (κ1) is 13.5. The summed E-state index contributed by atoms with van der Waals surface area (Å²) in [5.41, 5.74) is 1.50. The van der Waals surface area contributed by atoms with E-state index in [2.05, 4.69) is 16.0 Å². The second-order valence-electron chi connectivity index (χ2n) is 4.87. The summed E-state index contributed by atoms with van der Waals surface area (Å²) in [5, 5.41) is 8.80. The van der Waals surface area contributed by atoms with Crippen LogP contribution in [-0.2, 0) is 4.74 Å². The smallest absolute Gasteiger partial charge is 0.128 e. The predicted octanol–water partition coefficient (Wildman–Crippen LogP) is 2.67. The zero-order valence-corrected chi connectivity index (χ0v) is 11.4. The quantitative estimate of drug-likeness (QED) is 0.850. The molecule has 1 atom stereocenters. The molecule has 0 bridgehead atoms. The number of morpholine rings is 1. The molecule has 5 heteroatoms. The molecular weight excluding hydrogens is 269 g/mol. The molecule has 4 nitrogen and oxygen atoms in total. The summed E-state index contributed by atoms with van der Waals surface area (Å²) in [7, 11) is 0. The number of hydrogen-bond acceptors (Lipinski definition) is 4. The molecule has 1 aromatic heterocycles. The molecular formula is C16H14FN3O. The number of rotatable bonds is 2. The van der Waals surface area contributed by atoms with E-state index in [4.69, 9.17) is 10.00 Å². The molecule has 1 aromatic carbocycles. The van der Waals surface area contributed by atoms with E-state index in [1.165, 1.54) is 12.1 Å². The second-order valence-corrected chi connectivity index (χ2v) is 4.87. The molecule has 0 amide bonds. The van der Waals surface area contributed by atoms with E-state index in [1.807, 2.05) is 6.07 Å². The zero-order valence-electron chi connectivity index (χ0n) is 11.4. The average molecular weight is 283 g/mol.